The third-order valence-corrected chi connectivity index (χ3v) is 4.64. The average molecular weight is 343 g/mol. The number of ketones is 1. The van der Waals surface area contributed by atoms with Gasteiger partial charge in [-0.05, 0) is 12.1 Å². The number of nitrogens with zero attached hydrogens (tertiary/aromatic N) is 1. The summed E-state index contributed by atoms with van der Waals surface area (Å²) < 4.78 is 5.19. The minimum absolute atomic E-state index is 0.111. The number of nitrogens with one attached hydrogen (secondary N) is 1. The van der Waals surface area contributed by atoms with Crippen molar-refractivity contribution >= 4 is 40.9 Å². The summed E-state index contributed by atoms with van der Waals surface area (Å²) in [5.41, 5.74) is -0.853. The van der Waals surface area contributed by atoms with Gasteiger partial charge in [0, 0.05) is 18.6 Å². The first kappa shape index (κ1) is 15.3. The standard InChI is InChI=1S/C14H12Cl2N2O4/c15-9-3-1-2-8(11(9)16)10(19)6-18-12(20)14(17-13(18)21)4-5-22-7-14/h1-3H,4-7H2,(H,17,21)/t14-/m1/s1. The van der Waals surface area contributed by atoms with Crippen LogP contribution in [0.2, 0.25) is 10.0 Å². The van der Waals surface area contributed by atoms with Crippen molar-refractivity contribution in [2.45, 2.75) is 12.0 Å². The average Bonchev–Trinajstić information content (AvgIpc) is 3.03. The topological polar surface area (TPSA) is 75.7 Å². The summed E-state index contributed by atoms with van der Waals surface area (Å²) in [6.45, 7) is 0.139. The van der Waals surface area contributed by atoms with Gasteiger partial charge in [0.05, 0.1) is 23.2 Å². The van der Waals surface area contributed by atoms with E-state index in [-0.39, 0.29) is 28.8 Å². The van der Waals surface area contributed by atoms with E-state index < -0.39 is 23.3 Å². The summed E-state index contributed by atoms with van der Waals surface area (Å²) in [6.07, 6.45) is 0.403. The first-order chi connectivity index (χ1) is 10.4. The Balaban J connectivity index is 1.81. The molecule has 0 aliphatic carbocycles. The highest BCUT2D eigenvalue weighted by Crippen LogP contribution is 2.29. The smallest absolute Gasteiger partial charge is 0.325 e. The fourth-order valence-corrected chi connectivity index (χ4v) is 3.01. The second-order valence-corrected chi connectivity index (χ2v) is 6.02. The zero-order valence-electron chi connectivity index (χ0n) is 11.4. The molecule has 1 N–H and O–H groups in total. The number of halogens is 2. The van der Waals surface area contributed by atoms with Gasteiger partial charge < -0.3 is 10.1 Å². The maximum Gasteiger partial charge on any atom is 0.325 e. The quantitative estimate of drug-likeness (QED) is 0.672. The molecule has 0 unspecified atom stereocenters. The molecule has 0 aromatic heterocycles. The van der Waals surface area contributed by atoms with Crippen molar-refractivity contribution in [3.63, 3.8) is 0 Å². The van der Waals surface area contributed by atoms with E-state index in [4.69, 9.17) is 27.9 Å². The molecule has 2 heterocycles. The lowest BCUT2D eigenvalue weighted by atomic mass is 9.99. The Morgan fingerprint density at radius 1 is 1.36 bits per heavy atom. The number of benzene rings is 1. The van der Waals surface area contributed by atoms with Gasteiger partial charge in [-0.15, -0.1) is 0 Å². The van der Waals surface area contributed by atoms with Crippen LogP contribution < -0.4 is 5.32 Å². The number of carbonyl (C=O) groups is 3. The SMILES string of the molecule is O=C(CN1C(=O)N[C@@]2(CCOC2)C1=O)c1cccc(Cl)c1Cl. The Hall–Kier alpha value is -1.63. The Morgan fingerprint density at radius 2 is 2.14 bits per heavy atom. The van der Waals surface area contributed by atoms with Crippen LogP contribution in [0.25, 0.3) is 0 Å². The van der Waals surface area contributed by atoms with Crippen LogP contribution in [0.1, 0.15) is 16.8 Å². The molecule has 22 heavy (non-hydrogen) atoms. The van der Waals surface area contributed by atoms with Crippen LogP contribution in [0, 0.1) is 0 Å². The fourth-order valence-electron chi connectivity index (χ4n) is 2.60. The third-order valence-electron chi connectivity index (χ3n) is 3.82. The first-order valence-corrected chi connectivity index (χ1v) is 7.39. The summed E-state index contributed by atoms with van der Waals surface area (Å²) in [5.74, 6) is -0.895. The Kier molecular flexibility index (Phi) is 3.84. The maximum absolute atomic E-state index is 12.4. The van der Waals surface area contributed by atoms with Crippen molar-refractivity contribution in [1.29, 1.82) is 0 Å². The summed E-state index contributed by atoms with van der Waals surface area (Å²) in [4.78, 5) is 37.6. The lowest BCUT2D eigenvalue weighted by molar-refractivity contribution is -0.131. The van der Waals surface area contributed by atoms with Gasteiger partial charge in [-0.1, -0.05) is 29.3 Å². The minimum Gasteiger partial charge on any atom is -0.378 e. The normalized spacial score (nSPS) is 24.2. The number of imide groups is 1. The summed E-state index contributed by atoms with van der Waals surface area (Å²) in [5, 5.41) is 2.97. The zero-order chi connectivity index (χ0) is 15.9. The van der Waals surface area contributed by atoms with E-state index in [9.17, 15) is 14.4 Å². The summed E-state index contributed by atoms with van der Waals surface area (Å²) in [7, 11) is 0. The van der Waals surface area contributed by atoms with E-state index in [0.29, 0.717) is 13.0 Å². The van der Waals surface area contributed by atoms with Crippen LogP contribution in [0.4, 0.5) is 4.79 Å². The van der Waals surface area contributed by atoms with Crippen LogP contribution in [0.3, 0.4) is 0 Å². The molecule has 3 amide bonds. The molecule has 1 atom stereocenters. The Bertz CT molecular complexity index is 671. The molecule has 2 aliphatic heterocycles. The number of hydrogen-bond acceptors (Lipinski definition) is 4. The molecule has 0 radical (unpaired) electrons. The van der Waals surface area contributed by atoms with Gasteiger partial charge in [0.2, 0.25) is 0 Å². The van der Waals surface area contributed by atoms with Gasteiger partial charge in [-0.3, -0.25) is 14.5 Å². The number of carbonyl (C=O) groups excluding carboxylic acids is 3. The van der Waals surface area contributed by atoms with Crippen molar-refractivity contribution < 1.29 is 19.1 Å². The highest BCUT2D eigenvalue weighted by Gasteiger charge is 2.53. The molecule has 2 fully saturated rings. The number of rotatable bonds is 3. The number of ether oxygens (including phenoxy) is 1. The van der Waals surface area contributed by atoms with Crippen LogP contribution in [0.5, 0.6) is 0 Å². The number of Topliss-reactive ketones (excluding diaryl/α,β-unsaturated/α-hetero) is 1. The van der Waals surface area contributed by atoms with E-state index >= 15 is 0 Å². The molecule has 6 nitrogen and oxygen atoms in total. The fraction of sp³-hybridized carbons (Fsp3) is 0.357. The van der Waals surface area contributed by atoms with Crippen LogP contribution >= 0.6 is 23.2 Å². The molecule has 0 bridgehead atoms. The second-order valence-electron chi connectivity index (χ2n) is 5.23. The van der Waals surface area contributed by atoms with Crippen molar-refractivity contribution in [3.8, 4) is 0 Å². The molecule has 1 aromatic rings. The molecular weight excluding hydrogens is 331 g/mol. The lowest BCUT2D eigenvalue weighted by Gasteiger charge is -2.18. The van der Waals surface area contributed by atoms with Gasteiger partial charge in [0.25, 0.3) is 5.91 Å². The predicted molar refractivity (Wildman–Crippen MR) is 79.2 cm³/mol. The first-order valence-electron chi connectivity index (χ1n) is 6.64. The van der Waals surface area contributed by atoms with Crippen LogP contribution in [-0.4, -0.2) is 47.9 Å². The molecule has 3 rings (SSSR count). The molecule has 2 saturated heterocycles. The number of hydrogen-bond donors (Lipinski definition) is 1. The van der Waals surface area contributed by atoms with E-state index in [1.807, 2.05) is 0 Å². The lowest BCUT2D eigenvalue weighted by Crippen LogP contribution is -2.47. The minimum atomic E-state index is -1.03. The van der Waals surface area contributed by atoms with Gasteiger partial charge >= 0.3 is 6.03 Å². The largest absolute Gasteiger partial charge is 0.378 e. The van der Waals surface area contributed by atoms with Crippen molar-refractivity contribution in [1.82, 2.24) is 10.2 Å². The number of urea groups is 1. The molecule has 0 saturated carbocycles. The van der Waals surface area contributed by atoms with Crippen molar-refractivity contribution in [2.75, 3.05) is 19.8 Å². The Morgan fingerprint density at radius 3 is 2.82 bits per heavy atom. The highest BCUT2D eigenvalue weighted by molar-refractivity contribution is 6.44. The van der Waals surface area contributed by atoms with Gasteiger partial charge in [0.1, 0.15) is 5.54 Å². The predicted octanol–water partition coefficient (Wildman–Crippen LogP) is 1.89. The summed E-state index contributed by atoms with van der Waals surface area (Å²) in [6, 6.07) is 4.05. The molecule has 8 heteroatoms. The van der Waals surface area contributed by atoms with Gasteiger partial charge in [0.15, 0.2) is 5.78 Å². The van der Waals surface area contributed by atoms with Gasteiger partial charge in [-0.2, -0.15) is 0 Å². The van der Waals surface area contributed by atoms with Crippen molar-refractivity contribution in [3.05, 3.63) is 33.8 Å². The monoisotopic (exact) mass is 342 g/mol. The second kappa shape index (κ2) is 5.53. The molecular formula is C14H12Cl2N2O4. The van der Waals surface area contributed by atoms with E-state index in [1.54, 1.807) is 12.1 Å². The number of amides is 3. The Labute approximate surface area is 136 Å². The molecule has 116 valence electrons. The van der Waals surface area contributed by atoms with E-state index in [1.165, 1.54) is 6.07 Å². The zero-order valence-corrected chi connectivity index (χ0v) is 12.9. The van der Waals surface area contributed by atoms with E-state index in [2.05, 4.69) is 5.32 Å². The third kappa shape index (κ3) is 2.37. The van der Waals surface area contributed by atoms with Crippen molar-refractivity contribution in [2.24, 2.45) is 0 Å². The molecule has 1 spiro atoms. The maximum atomic E-state index is 12.4. The molecule has 2 aliphatic rings. The van der Waals surface area contributed by atoms with Crippen LogP contribution in [0.15, 0.2) is 18.2 Å². The summed E-state index contributed by atoms with van der Waals surface area (Å²) >= 11 is 11.9. The van der Waals surface area contributed by atoms with E-state index in [0.717, 1.165) is 4.90 Å². The highest BCUT2D eigenvalue weighted by atomic mass is 35.5. The molecule has 1 aromatic carbocycles. The van der Waals surface area contributed by atoms with Crippen LogP contribution in [-0.2, 0) is 9.53 Å². The van der Waals surface area contributed by atoms with Gasteiger partial charge in [-0.25, -0.2) is 4.79 Å².